The van der Waals surface area contributed by atoms with Gasteiger partial charge in [0.25, 0.3) is 0 Å². The summed E-state index contributed by atoms with van der Waals surface area (Å²) in [4.78, 5) is 29.8. The summed E-state index contributed by atoms with van der Waals surface area (Å²) in [7, 11) is -0.623. The normalized spacial score (nSPS) is 15.1. The van der Waals surface area contributed by atoms with Crippen molar-refractivity contribution >= 4 is 44.1 Å². The van der Waals surface area contributed by atoms with E-state index >= 15 is 0 Å². The fraction of sp³-hybridized carbons (Fsp3) is 0.0909. The molecule has 1 aliphatic heterocycles. The van der Waals surface area contributed by atoms with Gasteiger partial charge in [-0.3, -0.25) is 0 Å². The molecule has 0 N–H and O–H groups in total. The van der Waals surface area contributed by atoms with Gasteiger partial charge in [-0.05, 0) is 78.3 Å². The van der Waals surface area contributed by atoms with Gasteiger partial charge < -0.3 is 9.31 Å². The van der Waals surface area contributed by atoms with Crippen LogP contribution in [0.25, 0.3) is 111 Å². The molecule has 9 aromatic carbocycles. The van der Waals surface area contributed by atoms with E-state index in [9.17, 15) is 0 Å². The molecule has 12 aromatic rings. The summed E-state index contributed by atoms with van der Waals surface area (Å²) >= 11 is 1.84. The summed E-state index contributed by atoms with van der Waals surface area (Å²) in [5, 5.41) is 2.48. The van der Waals surface area contributed by atoms with Gasteiger partial charge in [-0.2, -0.15) is 0 Å². The minimum absolute atomic E-state index is 0.578. The third-order valence-corrected chi connectivity index (χ3v) is 15.8. The monoisotopic (exact) mass is 1000 g/mol. The van der Waals surface area contributed by atoms with E-state index in [-0.39, 0.29) is 0 Å². The first-order valence-corrected chi connectivity index (χ1v) is 26.4. The number of aromatic nitrogens is 6. The van der Waals surface area contributed by atoms with E-state index in [2.05, 4.69) is 118 Å². The summed E-state index contributed by atoms with van der Waals surface area (Å²) in [5.74, 6) is 3.70. The molecular formula is C66H49BN6O2S. The lowest BCUT2D eigenvalue weighted by Gasteiger charge is -2.36. The van der Waals surface area contributed by atoms with Crippen LogP contribution in [0.3, 0.4) is 0 Å². The van der Waals surface area contributed by atoms with Gasteiger partial charge >= 0.3 is 7.12 Å². The summed E-state index contributed by atoms with van der Waals surface area (Å²) in [5.41, 5.74) is 10.7. The highest BCUT2D eigenvalue weighted by Crippen LogP contribution is 2.45. The standard InChI is InChI=1S/C66H49BN6O2S/c1-65(2)66(3,75-67(74-65)53-31-19-30-52(41-53)64-72-61(48-24-12-6-13-25-48)69-62(73-64)49-26-14-7-15-27-49)42-43-38-55(58-56(39-43)54-32-16-17-33-57(54)76-58)45-36-34-44(35-37-45)50-28-18-29-51(40-50)63-70-59(46-20-8-4-9-21-46)68-60(71-63)47-22-10-5-11-23-47/h4-41H,42H2,1-3H3. The van der Waals surface area contributed by atoms with Crippen molar-refractivity contribution in [1.29, 1.82) is 0 Å². The minimum Gasteiger partial charge on any atom is -0.399 e. The van der Waals surface area contributed by atoms with Crippen molar-refractivity contribution in [2.24, 2.45) is 0 Å². The molecule has 13 rings (SSSR count). The predicted molar refractivity (Wildman–Crippen MR) is 310 cm³/mol. The van der Waals surface area contributed by atoms with Crippen LogP contribution in [0.15, 0.2) is 231 Å². The molecule has 0 spiro atoms. The highest BCUT2D eigenvalue weighted by atomic mass is 32.1. The second kappa shape index (κ2) is 19.5. The van der Waals surface area contributed by atoms with Crippen molar-refractivity contribution < 1.29 is 9.31 Å². The van der Waals surface area contributed by atoms with Gasteiger partial charge in [0.15, 0.2) is 34.9 Å². The van der Waals surface area contributed by atoms with Crippen molar-refractivity contribution in [3.63, 3.8) is 0 Å². The number of thiophene rings is 1. The predicted octanol–water partition coefficient (Wildman–Crippen LogP) is 15.3. The summed E-state index contributed by atoms with van der Waals surface area (Å²) in [6, 6.07) is 79.3. The lowest BCUT2D eigenvalue weighted by atomic mass is 9.78. The van der Waals surface area contributed by atoms with E-state index in [0.717, 1.165) is 55.5 Å². The van der Waals surface area contributed by atoms with Crippen LogP contribution in [0, 0.1) is 0 Å². The fourth-order valence-corrected chi connectivity index (χ4v) is 11.4. The zero-order valence-corrected chi connectivity index (χ0v) is 42.9. The average Bonchev–Trinajstić information content (AvgIpc) is 3.99. The molecule has 0 radical (unpaired) electrons. The molecule has 1 atom stereocenters. The van der Waals surface area contributed by atoms with E-state index in [1.165, 1.54) is 31.3 Å². The Hall–Kier alpha value is -8.80. The molecule has 76 heavy (non-hydrogen) atoms. The van der Waals surface area contributed by atoms with E-state index in [0.29, 0.717) is 41.4 Å². The van der Waals surface area contributed by atoms with Gasteiger partial charge in [0.1, 0.15) is 0 Å². The van der Waals surface area contributed by atoms with Gasteiger partial charge in [-0.15, -0.1) is 11.3 Å². The SMILES string of the molecule is CC1(C)OB(c2cccc(-c3nc(-c4ccccc4)nc(-c4ccccc4)n3)c2)OC1(C)Cc1cc(-c2ccc(-c3cccc(-c4nc(-c5ccccc5)nc(-c5ccccc5)n4)c3)cc2)c2sc3ccccc3c2c1. The van der Waals surface area contributed by atoms with Crippen LogP contribution in [-0.2, 0) is 15.7 Å². The number of benzene rings is 9. The first-order valence-electron chi connectivity index (χ1n) is 25.6. The van der Waals surface area contributed by atoms with E-state index in [4.69, 9.17) is 39.2 Å². The van der Waals surface area contributed by atoms with Gasteiger partial charge in [-0.1, -0.05) is 206 Å². The van der Waals surface area contributed by atoms with Crippen molar-refractivity contribution in [2.45, 2.75) is 38.4 Å². The van der Waals surface area contributed by atoms with Crippen LogP contribution in [0.1, 0.15) is 26.3 Å². The molecule has 1 aliphatic rings. The molecule has 0 aliphatic carbocycles. The van der Waals surface area contributed by atoms with Crippen LogP contribution in [0.5, 0.6) is 0 Å². The molecule has 10 heteroatoms. The van der Waals surface area contributed by atoms with Gasteiger partial charge in [-0.25, -0.2) is 29.9 Å². The Morgan fingerprint density at radius 3 is 1.34 bits per heavy atom. The van der Waals surface area contributed by atoms with Crippen molar-refractivity contribution in [1.82, 2.24) is 29.9 Å². The smallest absolute Gasteiger partial charge is 0.399 e. The van der Waals surface area contributed by atoms with Crippen LogP contribution in [0.4, 0.5) is 0 Å². The Morgan fingerprint density at radius 2 is 0.803 bits per heavy atom. The Bertz CT molecular complexity index is 3970. The second-order valence-electron chi connectivity index (χ2n) is 20.0. The summed E-state index contributed by atoms with van der Waals surface area (Å²) < 4.78 is 16.6. The molecule has 0 amide bonds. The first kappa shape index (κ1) is 47.0. The zero-order valence-electron chi connectivity index (χ0n) is 42.1. The number of hydrogen-bond donors (Lipinski definition) is 0. The highest BCUT2D eigenvalue weighted by molar-refractivity contribution is 7.26. The molecule has 1 unspecified atom stereocenters. The molecule has 0 saturated carbocycles. The quantitative estimate of drug-likeness (QED) is 0.118. The maximum Gasteiger partial charge on any atom is 0.494 e. The van der Waals surface area contributed by atoms with Gasteiger partial charge in [0.05, 0.1) is 11.2 Å². The first-order chi connectivity index (χ1) is 37.2. The molecule has 3 aromatic heterocycles. The summed E-state index contributed by atoms with van der Waals surface area (Å²) in [6.45, 7) is 6.46. The lowest BCUT2D eigenvalue weighted by Crippen LogP contribution is -2.46. The average molecular weight is 1000 g/mol. The third kappa shape index (κ3) is 9.06. The van der Waals surface area contributed by atoms with E-state index < -0.39 is 18.3 Å². The zero-order chi connectivity index (χ0) is 51.2. The molecule has 1 saturated heterocycles. The maximum atomic E-state index is 7.14. The fourth-order valence-electron chi connectivity index (χ4n) is 10.2. The van der Waals surface area contributed by atoms with Crippen molar-refractivity contribution in [3.8, 4) is 90.6 Å². The topological polar surface area (TPSA) is 95.8 Å². The largest absolute Gasteiger partial charge is 0.494 e. The number of fused-ring (bicyclic) bond motifs is 3. The van der Waals surface area contributed by atoms with Crippen LogP contribution in [0.2, 0.25) is 0 Å². The maximum absolute atomic E-state index is 7.14. The minimum atomic E-state index is -0.699. The number of rotatable bonds is 11. The Morgan fingerprint density at radius 1 is 0.368 bits per heavy atom. The second-order valence-corrected chi connectivity index (χ2v) is 21.0. The number of hydrogen-bond acceptors (Lipinski definition) is 9. The Kier molecular flexibility index (Phi) is 12.0. The van der Waals surface area contributed by atoms with Crippen molar-refractivity contribution in [2.75, 3.05) is 0 Å². The molecular weight excluding hydrogens is 952 g/mol. The van der Waals surface area contributed by atoms with Crippen molar-refractivity contribution in [3.05, 3.63) is 236 Å². The van der Waals surface area contributed by atoms with Gasteiger partial charge in [0, 0.05) is 60.0 Å². The number of nitrogens with zero attached hydrogens (tertiary/aromatic N) is 6. The Balaban J connectivity index is 0.815. The molecule has 8 nitrogen and oxygen atoms in total. The van der Waals surface area contributed by atoms with E-state index in [1.54, 1.807) is 0 Å². The van der Waals surface area contributed by atoms with E-state index in [1.807, 2.05) is 145 Å². The van der Waals surface area contributed by atoms with Crippen LogP contribution >= 0.6 is 11.3 Å². The molecule has 364 valence electrons. The highest BCUT2D eigenvalue weighted by Gasteiger charge is 2.54. The van der Waals surface area contributed by atoms with Crippen LogP contribution < -0.4 is 5.46 Å². The molecule has 4 heterocycles. The van der Waals surface area contributed by atoms with Gasteiger partial charge in [0.2, 0.25) is 0 Å². The lowest BCUT2D eigenvalue weighted by molar-refractivity contribution is -0.00874. The summed E-state index contributed by atoms with van der Waals surface area (Å²) in [6.07, 6.45) is 0.623. The van der Waals surface area contributed by atoms with Crippen LogP contribution in [-0.4, -0.2) is 48.2 Å². The Labute approximate surface area is 446 Å². The molecule has 0 bridgehead atoms. The molecule has 1 fully saturated rings. The third-order valence-electron chi connectivity index (χ3n) is 14.6.